The van der Waals surface area contributed by atoms with Crippen LogP contribution >= 0.6 is 11.6 Å². The van der Waals surface area contributed by atoms with E-state index >= 15 is 0 Å². The predicted molar refractivity (Wildman–Crippen MR) is 143 cm³/mol. The van der Waals surface area contributed by atoms with Crippen molar-refractivity contribution in [3.8, 4) is 0 Å². The van der Waals surface area contributed by atoms with Gasteiger partial charge in [0, 0.05) is 22.7 Å². The molecular weight excluding hydrogens is 519 g/mol. The van der Waals surface area contributed by atoms with Crippen LogP contribution in [0.5, 0.6) is 0 Å². The van der Waals surface area contributed by atoms with Crippen molar-refractivity contribution >= 4 is 90.2 Å². The molecule has 1 atom stereocenters. The maximum absolute atomic E-state index is 14.8. The van der Waals surface area contributed by atoms with Crippen molar-refractivity contribution in [1.29, 1.82) is 0 Å². The third-order valence-corrected chi connectivity index (χ3v) is 7.14. The van der Waals surface area contributed by atoms with Crippen molar-refractivity contribution in [2.24, 2.45) is 0 Å². The van der Waals surface area contributed by atoms with E-state index in [0.717, 1.165) is 17.0 Å². The molecule has 17 heteroatoms. The van der Waals surface area contributed by atoms with E-state index in [1.165, 1.54) is 30.3 Å². The highest BCUT2D eigenvalue weighted by molar-refractivity contribution is 6.66. The topological polar surface area (TPSA) is 95.6 Å². The molecule has 4 amide bonds. The number of nitrogens with zero attached hydrogens (tertiary/aromatic N) is 1. The molecule has 0 saturated carbocycles. The van der Waals surface area contributed by atoms with Crippen LogP contribution in [0.4, 0.5) is 8.78 Å². The van der Waals surface area contributed by atoms with Crippen molar-refractivity contribution in [2.45, 2.75) is 33.7 Å². The molecule has 1 fully saturated rings. The zero-order valence-electron chi connectivity index (χ0n) is 20.0. The number of hydrogen-bond donors (Lipinski definition) is 2. The Hall–Kier alpha value is -2.88. The number of carbonyl (C=O) groups excluding carboxylic acids is 4. The zero-order valence-corrected chi connectivity index (χ0v) is 20.8. The van der Waals surface area contributed by atoms with Crippen LogP contribution in [0.1, 0.15) is 27.0 Å². The monoisotopic (exact) mass is 531 g/mol. The first-order chi connectivity index (χ1) is 17.8. The summed E-state index contributed by atoms with van der Waals surface area (Å²) in [7, 11) is 41.7. The van der Waals surface area contributed by atoms with Gasteiger partial charge < -0.3 is 10.2 Å². The smallest absolute Gasteiger partial charge is 0.349 e. The third kappa shape index (κ3) is 4.26. The van der Waals surface area contributed by atoms with Gasteiger partial charge in [0.1, 0.15) is 7.85 Å². The Kier molecular flexibility index (Phi) is 6.78. The summed E-state index contributed by atoms with van der Waals surface area (Å²) in [6.45, 7) is -0.433. The van der Waals surface area contributed by atoms with Crippen molar-refractivity contribution in [3.63, 3.8) is 0 Å². The molecule has 2 aliphatic heterocycles. The van der Waals surface area contributed by atoms with Crippen LogP contribution in [0, 0.1) is 0 Å². The lowest BCUT2D eigenvalue weighted by atomic mass is 9.21. The fourth-order valence-electron chi connectivity index (χ4n) is 4.33. The van der Waals surface area contributed by atoms with Gasteiger partial charge in [-0.15, -0.1) is 0 Å². The van der Waals surface area contributed by atoms with Crippen molar-refractivity contribution in [2.75, 3.05) is 0 Å². The first-order valence-electron chi connectivity index (χ1n) is 11.1. The second-order valence-corrected chi connectivity index (χ2v) is 9.89. The molecule has 2 N–H and O–H groups in total. The summed E-state index contributed by atoms with van der Waals surface area (Å²) in [5.41, 5.74) is -3.23. The van der Waals surface area contributed by atoms with Crippen LogP contribution in [0.3, 0.4) is 0 Å². The number of imide groups is 1. The summed E-state index contributed by atoms with van der Waals surface area (Å²) in [6.07, 6.45) is 0. The van der Waals surface area contributed by atoms with E-state index in [4.69, 9.17) is 66.5 Å². The van der Waals surface area contributed by atoms with Crippen molar-refractivity contribution < 1.29 is 28.0 Å². The summed E-state index contributed by atoms with van der Waals surface area (Å²) in [6, 6.07) is 7.95. The molecule has 4 rings (SSSR count). The SMILES string of the molecule is [B]C([B])(NC(=O)C(F)(F)c1ccc(Cl)cc1)c1ccc2c(c1)CN(C1([B])C(=O)NC(=O)C([B])([B])C1([B])[B])C2=O. The van der Waals surface area contributed by atoms with Gasteiger partial charge in [-0.25, -0.2) is 0 Å². The molecule has 2 aromatic carbocycles. The second kappa shape index (κ2) is 9.08. The van der Waals surface area contributed by atoms with Gasteiger partial charge >= 0.3 is 5.92 Å². The maximum atomic E-state index is 14.8. The highest BCUT2D eigenvalue weighted by Gasteiger charge is 2.63. The molecule has 0 bridgehead atoms. The van der Waals surface area contributed by atoms with Crippen LogP contribution in [0.2, 0.25) is 15.5 Å². The highest BCUT2D eigenvalue weighted by Crippen LogP contribution is 2.55. The Balaban J connectivity index is 1.63. The number of benzene rings is 2. The molecule has 14 radical (unpaired) electrons. The molecule has 0 spiro atoms. The first kappa shape index (κ1) is 29.1. The number of nitrogens with one attached hydrogen (secondary N) is 2. The number of rotatable bonds is 5. The molecule has 39 heavy (non-hydrogen) atoms. The number of alkyl halides is 2. The largest absolute Gasteiger partial charge is 0.358 e. The van der Waals surface area contributed by atoms with Gasteiger partial charge in [0.25, 0.3) is 11.8 Å². The van der Waals surface area contributed by atoms with Crippen LogP contribution in [-0.2, 0) is 32.2 Å². The summed E-state index contributed by atoms with van der Waals surface area (Å²) >= 11 is 5.71. The van der Waals surface area contributed by atoms with Crippen LogP contribution in [0.15, 0.2) is 42.5 Å². The minimum absolute atomic E-state index is 0.0164. The van der Waals surface area contributed by atoms with Crippen molar-refractivity contribution in [1.82, 2.24) is 15.5 Å². The van der Waals surface area contributed by atoms with Gasteiger partial charge in [-0.1, -0.05) is 41.1 Å². The average Bonchev–Trinajstić information content (AvgIpc) is 3.18. The zero-order chi connectivity index (χ0) is 29.3. The molecule has 180 valence electrons. The van der Waals surface area contributed by atoms with E-state index in [1.807, 2.05) is 10.6 Å². The Morgan fingerprint density at radius 3 is 2.10 bits per heavy atom. The number of carbonyl (C=O) groups is 4. The minimum atomic E-state index is -4.03. The van der Waals surface area contributed by atoms with E-state index < -0.39 is 62.9 Å². The predicted octanol–water partition coefficient (Wildman–Crippen LogP) is -0.921. The molecule has 0 aromatic heterocycles. The number of hydrogen-bond acceptors (Lipinski definition) is 4. The Bertz CT molecular complexity index is 1420. The Morgan fingerprint density at radius 1 is 0.949 bits per heavy atom. The van der Waals surface area contributed by atoms with Gasteiger partial charge in [-0.2, -0.15) is 8.78 Å². The lowest BCUT2D eigenvalue weighted by Gasteiger charge is -2.60. The molecule has 0 aliphatic carbocycles. The molecule has 2 aromatic rings. The lowest BCUT2D eigenvalue weighted by Crippen LogP contribution is -2.75. The number of amides is 4. The Morgan fingerprint density at radius 2 is 1.51 bits per heavy atom. The number of fused-ring (bicyclic) bond motifs is 1. The van der Waals surface area contributed by atoms with Crippen LogP contribution < -0.4 is 10.6 Å². The van der Waals surface area contributed by atoms with Gasteiger partial charge in [0.2, 0.25) is 11.8 Å². The summed E-state index contributed by atoms with van der Waals surface area (Å²) in [4.78, 5) is 51.4. The Labute approximate surface area is 236 Å². The molecule has 2 aliphatic rings. The molecule has 2 heterocycles. The van der Waals surface area contributed by atoms with E-state index in [-0.39, 0.29) is 21.7 Å². The van der Waals surface area contributed by atoms with E-state index in [0.29, 0.717) is 0 Å². The highest BCUT2D eigenvalue weighted by atomic mass is 35.5. The van der Waals surface area contributed by atoms with E-state index in [9.17, 15) is 28.0 Å². The fraction of sp³-hybridized carbons (Fsp3) is 0.273. The van der Waals surface area contributed by atoms with E-state index in [1.54, 1.807) is 0 Å². The molecule has 7 nitrogen and oxygen atoms in total. The summed E-state index contributed by atoms with van der Waals surface area (Å²) < 4.78 is 29.5. The molecular formula is C22H11B7ClF2N3O4. The normalized spacial score (nSPS) is 22.2. The van der Waals surface area contributed by atoms with Crippen LogP contribution in [0.25, 0.3) is 0 Å². The van der Waals surface area contributed by atoms with Gasteiger partial charge in [0.05, 0.1) is 52.5 Å². The van der Waals surface area contributed by atoms with Gasteiger partial charge in [-0.05, 0) is 39.9 Å². The average molecular weight is 530 g/mol. The summed E-state index contributed by atoms with van der Waals surface area (Å²) in [5, 5.41) is -3.64. The first-order valence-corrected chi connectivity index (χ1v) is 11.5. The minimum Gasteiger partial charge on any atom is -0.358 e. The lowest BCUT2D eigenvalue weighted by molar-refractivity contribution is -0.147. The molecule has 1 unspecified atom stereocenters. The summed E-state index contributed by atoms with van der Waals surface area (Å²) in [5.74, 6) is -9.15. The number of piperidine rings is 1. The fourth-order valence-corrected chi connectivity index (χ4v) is 4.46. The number of halogens is 3. The second-order valence-electron chi connectivity index (χ2n) is 9.46. The quantitative estimate of drug-likeness (QED) is 0.386. The van der Waals surface area contributed by atoms with Gasteiger partial charge in [0.15, 0.2) is 0 Å². The van der Waals surface area contributed by atoms with Crippen molar-refractivity contribution in [3.05, 3.63) is 69.7 Å². The molecule has 1 saturated heterocycles. The maximum Gasteiger partial charge on any atom is 0.349 e. The van der Waals surface area contributed by atoms with E-state index in [2.05, 4.69) is 0 Å². The standard InChI is InChI=1S/C22H11B7ClF2N3O4/c23-19(24)16(38)33-17(39)20(25,22(19,28)29)35-8-9-7-11(3-6-13(9)14(35)36)21(26,27)34-15(37)18(31,32)10-1-4-12(30)5-2-10/h1-7H,8H2,(H,34,37)(H,33,38,39). The van der Waals surface area contributed by atoms with Gasteiger partial charge in [-0.3, -0.25) is 24.5 Å². The third-order valence-electron chi connectivity index (χ3n) is 6.89. The van der Waals surface area contributed by atoms with Crippen LogP contribution in [-0.4, -0.2) is 88.9 Å².